The van der Waals surface area contributed by atoms with Crippen LogP contribution in [0.5, 0.6) is 0 Å². The number of furan rings is 1. The second-order valence-corrected chi connectivity index (χ2v) is 4.95. The van der Waals surface area contributed by atoms with Crippen molar-refractivity contribution in [1.82, 2.24) is 15.3 Å². The van der Waals surface area contributed by atoms with Gasteiger partial charge in [-0.15, -0.1) is 0 Å². The van der Waals surface area contributed by atoms with Crippen LogP contribution in [0.1, 0.15) is 42.3 Å². The molecule has 2 rings (SSSR count). The van der Waals surface area contributed by atoms with Crippen LogP contribution in [0.15, 0.2) is 15.5 Å². The number of carbonyl (C=O) groups excluding carboxylic acids is 1. The van der Waals surface area contributed by atoms with Crippen LogP contribution < -0.4 is 10.9 Å². The molecule has 0 fully saturated rings. The molecule has 8 nitrogen and oxygen atoms in total. The molecule has 3 N–H and O–H groups in total. The first-order valence-corrected chi connectivity index (χ1v) is 6.96. The highest BCUT2D eigenvalue weighted by atomic mass is 16.4. The Morgan fingerprint density at radius 1 is 1.50 bits per heavy atom. The van der Waals surface area contributed by atoms with E-state index < -0.39 is 23.5 Å². The Morgan fingerprint density at radius 3 is 2.86 bits per heavy atom. The summed E-state index contributed by atoms with van der Waals surface area (Å²) < 4.78 is 5.28. The molecular weight excluding hydrogens is 290 g/mol. The van der Waals surface area contributed by atoms with Crippen molar-refractivity contribution in [2.75, 3.05) is 0 Å². The molecule has 1 unspecified atom stereocenters. The lowest BCUT2D eigenvalue weighted by Gasteiger charge is -2.13. The van der Waals surface area contributed by atoms with Crippen molar-refractivity contribution in [3.05, 3.63) is 28.0 Å². The lowest BCUT2D eigenvalue weighted by molar-refractivity contribution is -0.139. The maximum absolute atomic E-state index is 12.4. The number of H-pyrrole nitrogens is 1. The number of hydrogen-bond acceptors (Lipinski definition) is 5. The van der Waals surface area contributed by atoms with E-state index in [0.717, 1.165) is 6.42 Å². The average molecular weight is 307 g/mol. The number of carbonyl (C=O) groups is 2. The van der Waals surface area contributed by atoms with Crippen molar-refractivity contribution < 1.29 is 19.1 Å². The minimum Gasteiger partial charge on any atom is -0.480 e. The standard InChI is InChI=1S/C14H17N3O5/c1-3-4-5-8(14(20)21)17-12(19)9-7(2)22-13-10(9)11(18)15-6-16-13/h6,8H,3-5H2,1-2H3,(H,17,19)(H,20,21)(H,15,16,18). The lowest BCUT2D eigenvalue weighted by Crippen LogP contribution is -2.41. The topological polar surface area (TPSA) is 125 Å². The molecule has 1 amide bonds. The predicted octanol–water partition coefficient (Wildman–Crippen LogP) is 1.20. The van der Waals surface area contributed by atoms with Gasteiger partial charge in [-0.2, -0.15) is 0 Å². The molecule has 2 heterocycles. The molecule has 0 bridgehead atoms. The summed E-state index contributed by atoms with van der Waals surface area (Å²) in [5.74, 6) is -1.55. The predicted molar refractivity (Wildman–Crippen MR) is 77.8 cm³/mol. The van der Waals surface area contributed by atoms with E-state index in [4.69, 9.17) is 9.52 Å². The Bertz CT molecular complexity index is 761. The number of aromatic amines is 1. The van der Waals surface area contributed by atoms with Crippen LogP contribution in [0, 0.1) is 6.92 Å². The normalized spacial score (nSPS) is 12.3. The third kappa shape index (κ3) is 3.00. The lowest BCUT2D eigenvalue weighted by atomic mass is 10.1. The van der Waals surface area contributed by atoms with Crippen molar-refractivity contribution >= 4 is 23.0 Å². The van der Waals surface area contributed by atoms with Crippen LogP contribution in [0.4, 0.5) is 0 Å². The second-order valence-electron chi connectivity index (χ2n) is 4.95. The largest absolute Gasteiger partial charge is 0.480 e. The molecule has 118 valence electrons. The van der Waals surface area contributed by atoms with Crippen LogP contribution in [-0.2, 0) is 4.79 Å². The van der Waals surface area contributed by atoms with Crippen LogP contribution in [0.25, 0.3) is 11.1 Å². The van der Waals surface area contributed by atoms with Crippen molar-refractivity contribution in [3.63, 3.8) is 0 Å². The third-order valence-corrected chi connectivity index (χ3v) is 3.35. The third-order valence-electron chi connectivity index (χ3n) is 3.35. The van der Waals surface area contributed by atoms with Gasteiger partial charge in [-0.3, -0.25) is 9.59 Å². The minimum absolute atomic E-state index is 0.0205. The van der Waals surface area contributed by atoms with Crippen molar-refractivity contribution in [2.45, 2.75) is 39.2 Å². The van der Waals surface area contributed by atoms with Gasteiger partial charge in [0.1, 0.15) is 17.2 Å². The first kappa shape index (κ1) is 15.7. The van der Waals surface area contributed by atoms with Crippen molar-refractivity contribution in [1.29, 1.82) is 0 Å². The maximum atomic E-state index is 12.4. The molecule has 0 saturated carbocycles. The van der Waals surface area contributed by atoms with E-state index in [1.54, 1.807) is 0 Å². The summed E-state index contributed by atoms with van der Waals surface area (Å²) >= 11 is 0. The number of aliphatic carboxylic acids is 1. The second kappa shape index (κ2) is 6.42. The molecule has 0 spiro atoms. The monoisotopic (exact) mass is 307 g/mol. The quantitative estimate of drug-likeness (QED) is 0.736. The van der Waals surface area contributed by atoms with E-state index in [1.807, 2.05) is 6.92 Å². The number of amides is 1. The fourth-order valence-electron chi connectivity index (χ4n) is 2.22. The summed E-state index contributed by atoms with van der Waals surface area (Å²) in [7, 11) is 0. The summed E-state index contributed by atoms with van der Waals surface area (Å²) in [4.78, 5) is 41.6. The van der Waals surface area contributed by atoms with Gasteiger partial charge < -0.3 is 19.8 Å². The van der Waals surface area contributed by atoms with E-state index in [0.29, 0.717) is 12.8 Å². The number of fused-ring (bicyclic) bond motifs is 1. The number of nitrogens with one attached hydrogen (secondary N) is 2. The number of aromatic nitrogens is 2. The van der Waals surface area contributed by atoms with E-state index in [-0.39, 0.29) is 22.4 Å². The van der Waals surface area contributed by atoms with Crippen LogP contribution in [-0.4, -0.2) is 33.0 Å². The van der Waals surface area contributed by atoms with Gasteiger partial charge in [0.05, 0.1) is 11.9 Å². The fraction of sp³-hybridized carbons (Fsp3) is 0.429. The summed E-state index contributed by atoms with van der Waals surface area (Å²) in [6.07, 6.45) is 2.99. The number of carboxylic acids is 1. The van der Waals surface area contributed by atoms with Crippen LogP contribution in [0.2, 0.25) is 0 Å². The van der Waals surface area contributed by atoms with Gasteiger partial charge in [0, 0.05) is 0 Å². The first-order chi connectivity index (χ1) is 10.5. The number of rotatable bonds is 6. The van der Waals surface area contributed by atoms with Crippen molar-refractivity contribution in [3.8, 4) is 0 Å². The molecule has 2 aromatic heterocycles. The van der Waals surface area contributed by atoms with Gasteiger partial charge in [-0.1, -0.05) is 19.8 Å². The van der Waals surface area contributed by atoms with Gasteiger partial charge in [-0.05, 0) is 13.3 Å². The zero-order chi connectivity index (χ0) is 16.3. The van der Waals surface area contributed by atoms with E-state index in [1.165, 1.54) is 13.3 Å². The van der Waals surface area contributed by atoms with E-state index in [2.05, 4.69) is 15.3 Å². The zero-order valence-corrected chi connectivity index (χ0v) is 12.3. The number of unbranched alkanes of at least 4 members (excludes halogenated alkanes) is 1. The molecular formula is C14H17N3O5. The molecule has 0 aliphatic rings. The highest BCUT2D eigenvalue weighted by Gasteiger charge is 2.26. The van der Waals surface area contributed by atoms with E-state index >= 15 is 0 Å². The molecule has 0 aromatic carbocycles. The molecule has 2 aromatic rings. The molecule has 8 heteroatoms. The summed E-state index contributed by atoms with van der Waals surface area (Å²) in [6, 6.07) is -1.01. The van der Waals surface area contributed by atoms with Crippen molar-refractivity contribution in [2.24, 2.45) is 0 Å². The van der Waals surface area contributed by atoms with Crippen LogP contribution >= 0.6 is 0 Å². The molecule has 0 saturated heterocycles. The van der Waals surface area contributed by atoms with Gasteiger partial charge in [0.2, 0.25) is 5.71 Å². The van der Waals surface area contributed by atoms with Gasteiger partial charge in [0.15, 0.2) is 0 Å². The zero-order valence-electron chi connectivity index (χ0n) is 12.3. The Morgan fingerprint density at radius 2 is 2.23 bits per heavy atom. The number of hydrogen-bond donors (Lipinski definition) is 3. The Kier molecular flexibility index (Phi) is 4.59. The summed E-state index contributed by atoms with van der Waals surface area (Å²) in [6.45, 7) is 3.46. The van der Waals surface area contributed by atoms with Gasteiger partial charge in [0.25, 0.3) is 11.5 Å². The Hall–Kier alpha value is -2.64. The van der Waals surface area contributed by atoms with E-state index in [9.17, 15) is 14.4 Å². The fourth-order valence-corrected chi connectivity index (χ4v) is 2.22. The Labute approximate surface area is 125 Å². The average Bonchev–Trinajstić information content (AvgIpc) is 2.80. The van der Waals surface area contributed by atoms with Crippen LogP contribution in [0.3, 0.4) is 0 Å². The summed E-state index contributed by atoms with van der Waals surface area (Å²) in [5.41, 5.74) is -0.439. The molecule has 0 aliphatic heterocycles. The molecule has 22 heavy (non-hydrogen) atoms. The minimum atomic E-state index is -1.11. The molecule has 0 aliphatic carbocycles. The Balaban J connectivity index is 2.35. The smallest absolute Gasteiger partial charge is 0.326 e. The highest BCUT2D eigenvalue weighted by Crippen LogP contribution is 2.20. The number of nitrogens with zero attached hydrogens (tertiary/aromatic N) is 1. The van der Waals surface area contributed by atoms with Gasteiger partial charge in [-0.25, -0.2) is 9.78 Å². The number of carboxylic acid groups (broad SMARTS) is 1. The summed E-state index contributed by atoms with van der Waals surface area (Å²) in [5, 5.41) is 11.6. The highest BCUT2D eigenvalue weighted by molar-refractivity contribution is 6.07. The number of aryl methyl sites for hydroxylation is 1. The SMILES string of the molecule is CCCCC(NC(=O)c1c(C)oc2nc[nH]c(=O)c12)C(=O)O. The van der Waals surface area contributed by atoms with Gasteiger partial charge >= 0.3 is 5.97 Å². The molecule has 1 atom stereocenters. The first-order valence-electron chi connectivity index (χ1n) is 6.96. The molecule has 0 radical (unpaired) electrons. The maximum Gasteiger partial charge on any atom is 0.326 e.